The third-order valence-corrected chi connectivity index (χ3v) is 2.28. The molecule has 0 rings (SSSR count). The summed E-state index contributed by atoms with van der Waals surface area (Å²) < 4.78 is 0. The van der Waals surface area contributed by atoms with Crippen molar-refractivity contribution >= 4 is 11.9 Å². The molecule has 0 aromatic carbocycles. The maximum Gasteiger partial charge on any atom is 0.328 e. The second-order valence-corrected chi connectivity index (χ2v) is 3.78. The zero-order chi connectivity index (χ0) is 11.4. The summed E-state index contributed by atoms with van der Waals surface area (Å²) in [6.45, 7) is 4.69. The number of hydrogen-bond donors (Lipinski definition) is 3. The van der Waals surface area contributed by atoms with Crippen molar-refractivity contribution in [2.24, 2.45) is 5.41 Å². The molecule has 0 bridgehead atoms. The third-order valence-electron chi connectivity index (χ3n) is 2.28. The standard InChI is InChI=1S/C9H17NO4/c1-4-9(2,3)8(14)10-6(5-11)7(12)13/h6,11H,4-5H2,1-3H3,(H,10,14)(H,12,13)/t6-/m0/s1. The van der Waals surface area contributed by atoms with Crippen LogP contribution < -0.4 is 5.32 Å². The highest BCUT2D eigenvalue weighted by Crippen LogP contribution is 2.19. The van der Waals surface area contributed by atoms with Crippen LogP contribution in [0.3, 0.4) is 0 Å². The van der Waals surface area contributed by atoms with Gasteiger partial charge in [-0.15, -0.1) is 0 Å². The topological polar surface area (TPSA) is 86.6 Å². The van der Waals surface area contributed by atoms with Crippen LogP contribution in [0, 0.1) is 5.41 Å². The minimum Gasteiger partial charge on any atom is -0.480 e. The first-order valence-corrected chi connectivity index (χ1v) is 4.49. The molecule has 0 radical (unpaired) electrons. The van der Waals surface area contributed by atoms with Gasteiger partial charge in [0.25, 0.3) is 0 Å². The van der Waals surface area contributed by atoms with E-state index in [4.69, 9.17) is 10.2 Å². The first-order chi connectivity index (χ1) is 6.35. The lowest BCUT2D eigenvalue weighted by atomic mass is 9.89. The van der Waals surface area contributed by atoms with Crippen LogP contribution in [0.5, 0.6) is 0 Å². The number of rotatable bonds is 5. The van der Waals surface area contributed by atoms with Gasteiger partial charge in [0.15, 0.2) is 0 Å². The molecule has 0 unspecified atom stereocenters. The fourth-order valence-electron chi connectivity index (χ4n) is 0.700. The van der Waals surface area contributed by atoms with E-state index >= 15 is 0 Å². The van der Waals surface area contributed by atoms with E-state index in [1.165, 1.54) is 0 Å². The largest absolute Gasteiger partial charge is 0.480 e. The lowest BCUT2D eigenvalue weighted by Gasteiger charge is -2.23. The molecule has 0 aliphatic rings. The van der Waals surface area contributed by atoms with Gasteiger partial charge in [0.05, 0.1) is 6.61 Å². The molecule has 0 spiro atoms. The minimum absolute atomic E-state index is 0.360. The van der Waals surface area contributed by atoms with Crippen molar-refractivity contribution in [1.29, 1.82) is 0 Å². The van der Waals surface area contributed by atoms with Crippen LogP contribution in [0.4, 0.5) is 0 Å². The summed E-state index contributed by atoms with van der Waals surface area (Å²) in [5.74, 6) is -1.59. The van der Waals surface area contributed by atoms with E-state index in [0.717, 1.165) is 0 Å². The van der Waals surface area contributed by atoms with E-state index in [0.29, 0.717) is 6.42 Å². The van der Waals surface area contributed by atoms with Gasteiger partial charge in [0.2, 0.25) is 5.91 Å². The second-order valence-electron chi connectivity index (χ2n) is 3.78. The molecule has 0 saturated carbocycles. The molecule has 0 aromatic rings. The molecule has 3 N–H and O–H groups in total. The molecule has 14 heavy (non-hydrogen) atoms. The van der Waals surface area contributed by atoms with E-state index in [-0.39, 0.29) is 5.91 Å². The van der Waals surface area contributed by atoms with E-state index in [1.807, 2.05) is 6.92 Å². The van der Waals surface area contributed by atoms with Gasteiger partial charge in [-0.25, -0.2) is 4.79 Å². The maximum absolute atomic E-state index is 11.5. The Hall–Kier alpha value is -1.10. The lowest BCUT2D eigenvalue weighted by molar-refractivity contribution is -0.144. The molecule has 1 atom stereocenters. The highest BCUT2D eigenvalue weighted by atomic mass is 16.4. The van der Waals surface area contributed by atoms with E-state index in [2.05, 4.69) is 5.32 Å². The van der Waals surface area contributed by atoms with Gasteiger partial charge < -0.3 is 15.5 Å². The smallest absolute Gasteiger partial charge is 0.328 e. The molecular weight excluding hydrogens is 186 g/mol. The molecule has 0 saturated heterocycles. The Balaban J connectivity index is 4.37. The van der Waals surface area contributed by atoms with E-state index in [1.54, 1.807) is 13.8 Å². The average Bonchev–Trinajstić information content (AvgIpc) is 2.12. The molecule has 0 aromatic heterocycles. The van der Waals surface area contributed by atoms with Gasteiger partial charge in [0, 0.05) is 5.41 Å². The van der Waals surface area contributed by atoms with Crippen LogP contribution in [0.2, 0.25) is 0 Å². The van der Waals surface area contributed by atoms with Crippen molar-refractivity contribution in [3.05, 3.63) is 0 Å². The van der Waals surface area contributed by atoms with Crippen LogP contribution in [-0.4, -0.2) is 34.7 Å². The second kappa shape index (κ2) is 4.95. The third kappa shape index (κ3) is 3.33. The van der Waals surface area contributed by atoms with Gasteiger partial charge in [0.1, 0.15) is 6.04 Å². The van der Waals surface area contributed by atoms with E-state index < -0.39 is 24.0 Å². The highest BCUT2D eigenvalue weighted by Gasteiger charge is 2.29. The maximum atomic E-state index is 11.5. The lowest BCUT2D eigenvalue weighted by Crippen LogP contribution is -2.48. The van der Waals surface area contributed by atoms with Gasteiger partial charge in [-0.1, -0.05) is 20.8 Å². The van der Waals surface area contributed by atoms with Crippen molar-refractivity contribution in [2.75, 3.05) is 6.61 Å². The predicted octanol–water partition coefficient (Wildman–Crippen LogP) is -0.0157. The number of carbonyl (C=O) groups is 2. The summed E-state index contributed by atoms with van der Waals surface area (Å²) in [5, 5.41) is 19.5. The molecule has 82 valence electrons. The fourth-order valence-corrected chi connectivity index (χ4v) is 0.700. The Morgan fingerprint density at radius 2 is 1.93 bits per heavy atom. The van der Waals surface area contributed by atoms with Crippen molar-refractivity contribution in [3.63, 3.8) is 0 Å². The summed E-state index contributed by atoms with van der Waals surface area (Å²) in [5.41, 5.74) is -0.608. The zero-order valence-corrected chi connectivity index (χ0v) is 8.70. The number of carbonyl (C=O) groups excluding carboxylic acids is 1. The number of aliphatic hydroxyl groups excluding tert-OH is 1. The van der Waals surface area contributed by atoms with Gasteiger partial charge >= 0.3 is 5.97 Å². The van der Waals surface area contributed by atoms with Crippen molar-refractivity contribution < 1.29 is 19.8 Å². The molecule has 5 nitrogen and oxygen atoms in total. The number of nitrogens with one attached hydrogen (secondary N) is 1. The number of hydrogen-bond acceptors (Lipinski definition) is 3. The number of aliphatic hydroxyl groups is 1. The quantitative estimate of drug-likeness (QED) is 0.586. The van der Waals surface area contributed by atoms with E-state index in [9.17, 15) is 9.59 Å². The zero-order valence-electron chi connectivity index (χ0n) is 8.70. The Morgan fingerprint density at radius 3 is 2.21 bits per heavy atom. The summed E-state index contributed by atoms with van der Waals surface area (Å²) in [4.78, 5) is 22.0. The number of amides is 1. The average molecular weight is 203 g/mol. The molecule has 0 fully saturated rings. The summed E-state index contributed by atoms with van der Waals surface area (Å²) in [6, 6.07) is -1.21. The first kappa shape index (κ1) is 12.9. The van der Waals surface area contributed by atoms with Crippen molar-refractivity contribution in [3.8, 4) is 0 Å². The van der Waals surface area contributed by atoms with Crippen molar-refractivity contribution in [1.82, 2.24) is 5.32 Å². The Morgan fingerprint density at radius 1 is 1.43 bits per heavy atom. The van der Waals surface area contributed by atoms with Crippen LogP contribution >= 0.6 is 0 Å². The summed E-state index contributed by atoms with van der Waals surface area (Å²) in [6.07, 6.45) is 0.608. The SMILES string of the molecule is CCC(C)(C)C(=O)N[C@@H](CO)C(=O)O. The Labute approximate surface area is 83.1 Å². The van der Waals surface area contributed by atoms with Gasteiger partial charge in [-0.05, 0) is 6.42 Å². The number of aliphatic carboxylic acids is 1. The summed E-state index contributed by atoms with van der Waals surface area (Å²) >= 11 is 0. The van der Waals surface area contributed by atoms with Crippen LogP contribution in [0.25, 0.3) is 0 Å². The highest BCUT2D eigenvalue weighted by molar-refractivity contribution is 5.86. The van der Waals surface area contributed by atoms with Crippen LogP contribution in [-0.2, 0) is 9.59 Å². The van der Waals surface area contributed by atoms with Gasteiger partial charge in [-0.3, -0.25) is 4.79 Å². The number of carboxylic acid groups (broad SMARTS) is 1. The molecule has 0 heterocycles. The summed E-state index contributed by atoms with van der Waals surface area (Å²) in [7, 11) is 0. The Kier molecular flexibility index (Phi) is 4.56. The number of carboxylic acids is 1. The van der Waals surface area contributed by atoms with Crippen LogP contribution in [0.15, 0.2) is 0 Å². The molecule has 5 heteroatoms. The monoisotopic (exact) mass is 203 g/mol. The first-order valence-electron chi connectivity index (χ1n) is 4.49. The minimum atomic E-state index is -1.23. The fraction of sp³-hybridized carbons (Fsp3) is 0.778. The predicted molar refractivity (Wildman–Crippen MR) is 50.7 cm³/mol. The normalized spacial score (nSPS) is 13.4. The van der Waals surface area contributed by atoms with Crippen molar-refractivity contribution in [2.45, 2.75) is 33.2 Å². The molecule has 0 aliphatic carbocycles. The molecule has 1 amide bonds. The Bertz CT molecular complexity index is 225. The molecule has 0 aliphatic heterocycles. The molecular formula is C9H17NO4. The van der Waals surface area contributed by atoms with Crippen LogP contribution in [0.1, 0.15) is 27.2 Å². The van der Waals surface area contributed by atoms with Gasteiger partial charge in [-0.2, -0.15) is 0 Å².